The van der Waals surface area contributed by atoms with Gasteiger partial charge in [0.1, 0.15) is 0 Å². The standard InChI is InChI=1S/C20H21O.C3H8.2C2H6.CH3F.B.Y.H2/c1-3-7-20(21)14-16(2)19-12-10-18(11-13-19)15-17-8-5-4-6-9-17;1-3-2;3*1-2;;;/h4-6,8-13H,3,7,15H2,1-2H3;3H2,1-2H3;2*1-2H3;1H3;;;1H/q-1;;;;;;;/i;;;;;;;1+1. The van der Waals surface area contributed by atoms with Crippen LogP contribution < -0.4 is 0 Å². The summed E-state index contributed by atoms with van der Waals surface area (Å²) in [4.78, 5) is 11.6. The molecule has 0 heterocycles. The molecule has 2 aromatic rings. The van der Waals surface area contributed by atoms with Crippen molar-refractivity contribution in [2.75, 3.05) is 7.18 Å². The zero-order chi connectivity index (χ0) is 23.8. The molecular formula is C28H46BFOY-. The fourth-order valence-electron chi connectivity index (χ4n) is 2.28. The summed E-state index contributed by atoms with van der Waals surface area (Å²) in [6.07, 6.45) is 6.57. The first-order valence-electron chi connectivity index (χ1n) is 11.2. The van der Waals surface area contributed by atoms with Crippen LogP contribution in [0.4, 0.5) is 4.39 Å². The van der Waals surface area contributed by atoms with Gasteiger partial charge in [-0.15, -0.1) is 12.1 Å². The summed E-state index contributed by atoms with van der Waals surface area (Å²) in [7, 11) is 0.500. The van der Waals surface area contributed by atoms with E-state index in [-0.39, 0.29) is 48.3 Å². The topological polar surface area (TPSA) is 17.1 Å². The molecule has 4 radical (unpaired) electrons. The maximum Gasteiger partial charge on any atom is 0.0785 e. The summed E-state index contributed by atoms with van der Waals surface area (Å²) in [5.74, 6) is 0.0864. The van der Waals surface area contributed by atoms with E-state index in [0.29, 0.717) is 13.6 Å². The van der Waals surface area contributed by atoms with Crippen molar-refractivity contribution in [1.29, 1.82) is 0 Å². The van der Waals surface area contributed by atoms with E-state index in [0.717, 1.165) is 24.0 Å². The minimum absolute atomic E-state index is 0. The summed E-state index contributed by atoms with van der Waals surface area (Å²) in [5.41, 5.74) is 4.57. The first-order valence-corrected chi connectivity index (χ1v) is 11.2. The molecule has 4 heteroatoms. The molecule has 178 valence electrons. The predicted molar refractivity (Wildman–Crippen MR) is 141 cm³/mol. The van der Waals surface area contributed by atoms with Crippen LogP contribution in [0, 0.1) is 6.08 Å². The van der Waals surface area contributed by atoms with Gasteiger partial charge >= 0.3 is 0 Å². The Bertz CT molecular complexity index is 647. The van der Waals surface area contributed by atoms with Gasteiger partial charge in [-0.25, -0.2) is 11.6 Å². The number of benzene rings is 2. The Labute approximate surface area is 227 Å². The SMILES string of the molecule is CC.CC.CCC.CCCC(=O)[C-]=C(C)c1ccc(Cc2ccccc2)cc1.CF.[2HH].[B].[Y]. The average Bonchev–Trinajstić information content (AvgIpc) is 2.80. The van der Waals surface area contributed by atoms with Gasteiger partial charge in [0.2, 0.25) is 0 Å². The van der Waals surface area contributed by atoms with E-state index in [1.165, 1.54) is 17.5 Å². The molecule has 0 spiro atoms. The number of hydrogen-bond donors (Lipinski definition) is 0. The van der Waals surface area contributed by atoms with Crippen LogP contribution in [0.3, 0.4) is 0 Å². The van der Waals surface area contributed by atoms with Crippen LogP contribution in [0.15, 0.2) is 54.6 Å². The summed E-state index contributed by atoms with van der Waals surface area (Å²) in [5, 5.41) is 0. The number of ketones is 1. The molecule has 0 aliphatic rings. The molecule has 0 fully saturated rings. The second-order valence-corrected chi connectivity index (χ2v) is 5.99. The molecule has 0 aromatic heterocycles. The van der Waals surface area contributed by atoms with Gasteiger partial charge in [-0.05, 0) is 24.0 Å². The number of rotatable bonds is 6. The molecule has 2 aromatic carbocycles. The molecule has 2 rings (SSSR count). The number of Topliss-reactive ketones (excluding diaryl/α,β-unsaturated/α-hetero) is 1. The molecule has 0 atom stereocenters. The second-order valence-electron chi connectivity index (χ2n) is 5.99. The van der Waals surface area contributed by atoms with E-state index in [2.05, 4.69) is 68.5 Å². The van der Waals surface area contributed by atoms with Crippen molar-refractivity contribution in [3.63, 3.8) is 0 Å². The van der Waals surface area contributed by atoms with E-state index < -0.39 is 0 Å². The quantitative estimate of drug-likeness (QED) is 0.212. The van der Waals surface area contributed by atoms with Gasteiger partial charge in [-0.1, -0.05) is 111 Å². The summed E-state index contributed by atoms with van der Waals surface area (Å²) < 4.78 is 9.50. The maximum atomic E-state index is 11.6. The average molecular weight is 518 g/mol. The Hall–Kier alpha value is -1.05. The monoisotopic (exact) mass is 518 g/mol. The Morgan fingerprint density at radius 3 is 1.66 bits per heavy atom. The molecule has 0 N–H and O–H groups in total. The van der Waals surface area contributed by atoms with Gasteiger partial charge in [0.15, 0.2) is 0 Å². The van der Waals surface area contributed by atoms with Crippen molar-refractivity contribution in [3.8, 4) is 0 Å². The van der Waals surface area contributed by atoms with Crippen LogP contribution in [0.5, 0.6) is 0 Å². The van der Waals surface area contributed by atoms with Crippen LogP contribution in [-0.2, 0) is 43.9 Å². The molecule has 0 saturated carbocycles. The van der Waals surface area contributed by atoms with Crippen molar-refractivity contribution in [3.05, 3.63) is 77.4 Å². The third kappa shape index (κ3) is 22.2. The van der Waals surface area contributed by atoms with E-state index in [4.69, 9.17) is 0 Å². The van der Waals surface area contributed by atoms with E-state index in [9.17, 15) is 9.18 Å². The molecule has 0 unspecified atom stereocenters. The second kappa shape index (κ2) is 32.1. The van der Waals surface area contributed by atoms with Gasteiger partial charge in [-0.3, -0.25) is 4.39 Å². The summed E-state index contributed by atoms with van der Waals surface area (Å²) in [6, 6.07) is 18.8. The Morgan fingerprint density at radius 1 is 0.844 bits per heavy atom. The van der Waals surface area contributed by atoms with Crippen LogP contribution >= 0.6 is 0 Å². The molecule has 0 saturated heterocycles. The molecule has 0 amide bonds. The predicted octanol–water partition coefficient (Wildman–Crippen LogP) is 8.77. The number of alkyl halides is 1. The zero-order valence-electron chi connectivity index (χ0n) is 22.0. The Morgan fingerprint density at radius 2 is 1.25 bits per heavy atom. The Balaban J connectivity index is -0.000000135. The molecule has 1 nitrogen and oxygen atoms in total. The van der Waals surface area contributed by atoms with E-state index in [1.54, 1.807) is 0 Å². The molecule has 32 heavy (non-hydrogen) atoms. The molecular weight excluding hydrogens is 471 g/mol. The van der Waals surface area contributed by atoms with Crippen LogP contribution in [0.25, 0.3) is 5.57 Å². The molecule has 0 aliphatic heterocycles. The number of carbonyl (C=O) groups is 1. The van der Waals surface area contributed by atoms with Crippen LogP contribution in [0.2, 0.25) is 0 Å². The first-order chi connectivity index (χ1) is 14.6. The van der Waals surface area contributed by atoms with Crippen LogP contribution in [0.1, 0.15) is 92.8 Å². The fraction of sp³-hybridized carbons (Fsp3) is 0.464. The third-order valence-corrected chi connectivity index (χ3v) is 3.44. The largest absolute Gasteiger partial charge is 0.317 e. The van der Waals surface area contributed by atoms with Crippen molar-refractivity contribution in [2.24, 2.45) is 0 Å². The minimum atomic E-state index is 0. The maximum absolute atomic E-state index is 11.6. The minimum Gasteiger partial charge on any atom is -0.317 e. The van der Waals surface area contributed by atoms with Gasteiger partial charge < -0.3 is 4.79 Å². The molecule has 0 bridgehead atoms. The first kappa shape index (κ1) is 41.2. The van der Waals surface area contributed by atoms with Crippen molar-refractivity contribution in [1.82, 2.24) is 0 Å². The van der Waals surface area contributed by atoms with Gasteiger partial charge in [0.05, 0.1) is 13.0 Å². The van der Waals surface area contributed by atoms with Crippen LogP contribution in [-0.4, -0.2) is 21.4 Å². The number of hydrogen-bond acceptors (Lipinski definition) is 1. The zero-order valence-corrected chi connectivity index (χ0v) is 24.8. The fourth-order valence-corrected chi connectivity index (χ4v) is 2.28. The summed E-state index contributed by atoms with van der Waals surface area (Å²) >= 11 is 0. The van der Waals surface area contributed by atoms with Crippen molar-refractivity contribution in [2.45, 2.75) is 81.1 Å². The number of halogens is 1. The van der Waals surface area contributed by atoms with Gasteiger partial charge in [0, 0.05) is 42.5 Å². The number of allylic oxidation sites excluding steroid dienone is 2. The van der Waals surface area contributed by atoms with E-state index in [1.807, 2.05) is 47.6 Å². The van der Waals surface area contributed by atoms with E-state index >= 15 is 0 Å². The van der Waals surface area contributed by atoms with Crippen molar-refractivity contribution < 1.29 is 43.3 Å². The third-order valence-electron chi connectivity index (χ3n) is 3.44. The number of carbonyl (C=O) groups excluding carboxylic acids is 1. The Kier molecular flexibility index (Phi) is 41.4. The molecule has 0 aliphatic carbocycles. The van der Waals surface area contributed by atoms with Crippen molar-refractivity contribution >= 4 is 19.8 Å². The summed E-state index contributed by atoms with van der Waals surface area (Å²) in [6.45, 7) is 16.2. The van der Waals surface area contributed by atoms with Gasteiger partial charge in [-0.2, -0.15) is 5.56 Å². The smallest absolute Gasteiger partial charge is 0.0785 e. The van der Waals surface area contributed by atoms with Gasteiger partial charge in [0.25, 0.3) is 0 Å². The normalized spacial score (nSPS) is 8.62.